The number of piperidine rings is 1. The molecule has 1 heterocycles. The van der Waals surface area contributed by atoms with Crippen molar-refractivity contribution in [1.82, 2.24) is 9.80 Å². The Balaban J connectivity index is 2.56. The first-order valence-corrected chi connectivity index (χ1v) is 6.47. The zero-order valence-electron chi connectivity index (χ0n) is 11.8. The first-order chi connectivity index (χ1) is 8.25. The number of likely N-dealkylation sites (N-methyl/N-ethyl adjacent to an activating group) is 1. The van der Waals surface area contributed by atoms with Crippen LogP contribution in [0.2, 0.25) is 0 Å². The highest BCUT2D eigenvalue weighted by molar-refractivity contribution is 5.81. The van der Waals surface area contributed by atoms with Crippen LogP contribution in [0.1, 0.15) is 33.6 Å². The molecule has 1 N–H and O–H groups in total. The number of carbonyl (C=O) groups excluding carboxylic acids is 1. The van der Waals surface area contributed by atoms with E-state index in [0.717, 1.165) is 19.5 Å². The molecule has 1 fully saturated rings. The molecule has 18 heavy (non-hydrogen) atoms. The number of likely N-dealkylation sites (tertiary alicyclic amines) is 1. The molecule has 0 radical (unpaired) electrons. The van der Waals surface area contributed by atoms with E-state index in [9.17, 15) is 9.59 Å². The molecule has 5 heteroatoms. The Hall–Kier alpha value is -1.10. The van der Waals surface area contributed by atoms with Gasteiger partial charge in [-0.25, -0.2) is 0 Å². The molecular formula is C13H24N2O3. The maximum absolute atomic E-state index is 12.1. The van der Waals surface area contributed by atoms with Crippen LogP contribution in [0, 0.1) is 5.92 Å². The topological polar surface area (TPSA) is 60.9 Å². The Bertz CT molecular complexity index is 328. The Kier molecular flexibility index (Phi) is 4.73. The molecular weight excluding hydrogens is 232 g/mol. The van der Waals surface area contributed by atoms with Crippen LogP contribution < -0.4 is 0 Å². The van der Waals surface area contributed by atoms with E-state index < -0.39 is 11.5 Å². The Morgan fingerprint density at radius 2 is 2.06 bits per heavy atom. The minimum absolute atomic E-state index is 0.0263. The van der Waals surface area contributed by atoms with Gasteiger partial charge in [0.25, 0.3) is 0 Å². The number of hydrogen-bond acceptors (Lipinski definition) is 3. The largest absolute Gasteiger partial charge is 0.480 e. The van der Waals surface area contributed by atoms with Gasteiger partial charge in [-0.15, -0.1) is 0 Å². The Morgan fingerprint density at radius 1 is 1.44 bits per heavy atom. The molecule has 0 bridgehead atoms. The van der Waals surface area contributed by atoms with Gasteiger partial charge >= 0.3 is 5.97 Å². The predicted molar refractivity (Wildman–Crippen MR) is 69.3 cm³/mol. The molecule has 1 atom stereocenters. The van der Waals surface area contributed by atoms with E-state index in [1.54, 1.807) is 25.8 Å². The molecule has 1 saturated heterocycles. The van der Waals surface area contributed by atoms with Gasteiger partial charge in [0.15, 0.2) is 0 Å². The number of amides is 1. The first-order valence-electron chi connectivity index (χ1n) is 6.47. The van der Waals surface area contributed by atoms with Crippen molar-refractivity contribution in [1.29, 1.82) is 0 Å². The van der Waals surface area contributed by atoms with Crippen molar-refractivity contribution in [2.24, 2.45) is 5.92 Å². The summed E-state index contributed by atoms with van der Waals surface area (Å²) >= 11 is 0. The van der Waals surface area contributed by atoms with E-state index in [4.69, 9.17) is 5.11 Å². The van der Waals surface area contributed by atoms with Crippen LogP contribution in [0.3, 0.4) is 0 Å². The van der Waals surface area contributed by atoms with E-state index in [1.807, 2.05) is 4.90 Å². The van der Waals surface area contributed by atoms with Gasteiger partial charge in [0.1, 0.15) is 5.54 Å². The van der Waals surface area contributed by atoms with Gasteiger partial charge in [-0.2, -0.15) is 0 Å². The van der Waals surface area contributed by atoms with Crippen LogP contribution in [0.25, 0.3) is 0 Å². The third-order valence-corrected chi connectivity index (χ3v) is 3.86. The average Bonchev–Trinajstić information content (AvgIpc) is 2.28. The summed E-state index contributed by atoms with van der Waals surface area (Å²) in [5.41, 5.74) is -1.02. The fourth-order valence-corrected chi connectivity index (χ4v) is 2.08. The molecule has 1 unspecified atom stereocenters. The normalized spacial score (nSPS) is 21.2. The summed E-state index contributed by atoms with van der Waals surface area (Å²) in [5.74, 6) is -0.344. The summed E-state index contributed by atoms with van der Waals surface area (Å²) in [6, 6.07) is 0. The van der Waals surface area contributed by atoms with Crippen LogP contribution >= 0.6 is 0 Å². The molecule has 104 valence electrons. The van der Waals surface area contributed by atoms with Crippen molar-refractivity contribution < 1.29 is 14.7 Å². The summed E-state index contributed by atoms with van der Waals surface area (Å²) in [7, 11) is 1.68. The van der Waals surface area contributed by atoms with E-state index in [1.165, 1.54) is 6.42 Å². The summed E-state index contributed by atoms with van der Waals surface area (Å²) in [6.45, 7) is 7.12. The van der Waals surface area contributed by atoms with Crippen molar-refractivity contribution in [3.63, 3.8) is 0 Å². The maximum Gasteiger partial charge on any atom is 0.323 e. The monoisotopic (exact) mass is 256 g/mol. The molecule has 1 aliphatic rings. The molecule has 1 rings (SSSR count). The molecule has 1 aliphatic heterocycles. The summed E-state index contributed by atoms with van der Waals surface area (Å²) in [4.78, 5) is 26.7. The zero-order valence-corrected chi connectivity index (χ0v) is 11.8. The number of aliphatic carboxylic acids is 1. The lowest BCUT2D eigenvalue weighted by Gasteiger charge is -2.35. The average molecular weight is 256 g/mol. The van der Waals surface area contributed by atoms with E-state index in [2.05, 4.69) is 6.92 Å². The smallest absolute Gasteiger partial charge is 0.323 e. The van der Waals surface area contributed by atoms with E-state index in [-0.39, 0.29) is 12.5 Å². The summed E-state index contributed by atoms with van der Waals surface area (Å²) in [6.07, 6.45) is 2.21. The third-order valence-electron chi connectivity index (χ3n) is 3.86. The van der Waals surface area contributed by atoms with Gasteiger partial charge in [-0.3, -0.25) is 14.5 Å². The lowest BCUT2D eigenvalue weighted by atomic mass is 10.00. The van der Waals surface area contributed by atoms with Crippen molar-refractivity contribution in [3.8, 4) is 0 Å². The number of carbonyl (C=O) groups is 2. The minimum Gasteiger partial charge on any atom is -0.480 e. The van der Waals surface area contributed by atoms with E-state index in [0.29, 0.717) is 5.92 Å². The zero-order chi connectivity index (χ0) is 13.9. The Morgan fingerprint density at radius 3 is 2.56 bits per heavy atom. The van der Waals surface area contributed by atoms with Crippen LogP contribution in [0.15, 0.2) is 0 Å². The third kappa shape index (κ3) is 3.45. The van der Waals surface area contributed by atoms with Gasteiger partial charge in [-0.1, -0.05) is 6.92 Å². The molecule has 0 aromatic rings. The standard InChI is InChI=1S/C13H24N2O3/c1-10-6-5-7-15(8-10)11(16)9-14(4)13(2,3)12(17)18/h10H,5-9H2,1-4H3,(H,17,18). The fourth-order valence-electron chi connectivity index (χ4n) is 2.08. The van der Waals surface area contributed by atoms with Crippen LogP contribution in [-0.2, 0) is 9.59 Å². The number of nitrogens with zero attached hydrogens (tertiary/aromatic N) is 2. The van der Waals surface area contributed by atoms with Crippen molar-refractivity contribution in [2.45, 2.75) is 39.2 Å². The summed E-state index contributed by atoms with van der Waals surface area (Å²) in [5, 5.41) is 9.11. The number of carboxylic acid groups (broad SMARTS) is 1. The number of carboxylic acids is 1. The highest BCUT2D eigenvalue weighted by Gasteiger charge is 2.34. The highest BCUT2D eigenvalue weighted by atomic mass is 16.4. The van der Waals surface area contributed by atoms with Gasteiger partial charge in [-0.05, 0) is 39.7 Å². The first kappa shape index (κ1) is 15.0. The maximum atomic E-state index is 12.1. The second kappa shape index (κ2) is 5.69. The summed E-state index contributed by atoms with van der Waals surface area (Å²) < 4.78 is 0. The van der Waals surface area contributed by atoms with Gasteiger partial charge in [0.05, 0.1) is 6.54 Å². The van der Waals surface area contributed by atoms with Crippen LogP contribution in [0.4, 0.5) is 0 Å². The molecule has 0 aromatic heterocycles. The lowest BCUT2D eigenvalue weighted by molar-refractivity contribution is -0.150. The van der Waals surface area contributed by atoms with Crippen molar-refractivity contribution >= 4 is 11.9 Å². The molecule has 0 aliphatic carbocycles. The molecule has 0 aromatic carbocycles. The van der Waals surface area contributed by atoms with Crippen LogP contribution in [-0.4, -0.2) is 59.0 Å². The fraction of sp³-hybridized carbons (Fsp3) is 0.846. The SMILES string of the molecule is CC1CCCN(C(=O)CN(C)C(C)(C)C(=O)O)C1. The number of hydrogen-bond donors (Lipinski definition) is 1. The number of rotatable bonds is 4. The molecule has 1 amide bonds. The van der Waals surface area contributed by atoms with Gasteiger partial charge in [0.2, 0.25) is 5.91 Å². The molecule has 5 nitrogen and oxygen atoms in total. The second-order valence-corrected chi connectivity index (χ2v) is 5.81. The second-order valence-electron chi connectivity index (χ2n) is 5.81. The quantitative estimate of drug-likeness (QED) is 0.816. The van der Waals surface area contributed by atoms with E-state index >= 15 is 0 Å². The van der Waals surface area contributed by atoms with Gasteiger partial charge in [0, 0.05) is 13.1 Å². The lowest BCUT2D eigenvalue weighted by Crippen LogP contribution is -2.53. The Labute approximate surface area is 109 Å². The van der Waals surface area contributed by atoms with Crippen LogP contribution in [0.5, 0.6) is 0 Å². The van der Waals surface area contributed by atoms with Crippen molar-refractivity contribution in [3.05, 3.63) is 0 Å². The van der Waals surface area contributed by atoms with Gasteiger partial charge < -0.3 is 10.0 Å². The van der Waals surface area contributed by atoms with Crippen molar-refractivity contribution in [2.75, 3.05) is 26.7 Å². The molecule has 0 spiro atoms. The highest BCUT2D eigenvalue weighted by Crippen LogP contribution is 2.17. The minimum atomic E-state index is -1.02. The predicted octanol–water partition coefficient (Wildman–Crippen LogP) is 1.04. The molecule has 0 saturated carbocycles.